The zero-order chi connectivity index (χ0) is 13.7. The highest BCUT2D eigenvalue weighted by Gasteiger charge is 2.05. The van der Waals surface area contributed by atoms with Gasteiger partial charge in [-0.3, -0.25) is 0 Å². The third-order valence-corrected chi connectivity index (χ3v) is 2.68. The lowest BCUT2D eigenvalue weighted by Gasteiger charge is -2.09. The van der Waals surface area contributed by atoms with Gasteiger partial charge in [0, 0.05) is 24.0 Å². The van der Waals surface area contributed by atoms with E-state index in [0.717, 1.165) is 17.1 Å². The van der Waals surface area contributed by atoms with Gasteiger partial charge in [-0.1, -0.05) is 6.07 Å². The summed E-state index contributed by atoms with van der Waals surface area (Å²) in [4.78, 5) is 15.5. The largest absolute Gasteiger partial charge is 0.465 e. The van der Waals surface area contributed by atoms with E-state index in [2.05, 4.69) is 15.0 Å². The van der Waals surface area contributed by atoms with Crippen LogP contribution in [0.25, 0.3) is 0 Å². The number of aromatic nitrogens is 1. The zero-order valence-electron chi connectivity index (χ0n) is 10.6. The van der Waals surface area contributed by atoms with Crippen LogP contribution in [0.2, 0.25) is 0 Å². The number of anilines is 2. The molecule has 0 atom stereocenters. The van der Waals surface area contributed by atoms with Crippen LogP contribution in [0.15, 0.2) is 42.6 Å². The molecule has 98 valence electrons. The first kappa shape index (κ1) is 13.0. The van der Waals surface area contributed by atoms with Gasteiger partial charge in [0.25, 0.3) is 0 Å². The topological polar surface area (TPSA) is 77.2 Å². The molecule has 2 aromatic rings. The van der Waals surface area contributed by atoms with Gasteiger partial charge in [0.05, 0.1) is 12.7 Å². The van der Waals surface area contributed by atoms with Crippen LogP contribution in [0.1, 0.15) is 15.9 Å². The quantitative estimate of drug-likeness (QED) is 0.820. The average molecular weight is 257 g/mol. The number of pyridine rings is 1. The summed E-state index contributed by atoms with van der Waals surface area (Å²) in [5, 5.41) is 3.16. The molecule has 1 heterocycles. The van der Waals surface area contributed by atoms with E-state index < -0.39 is 0 Å². The number of nitrogens with zero attached hydrogens (tertiary/aromatic N) is 1. The predicted octanol–water partition coefficient (Wildman–Crippen LogP) is 2.07. The Bertz CT molecular complexity index is 567. The third kappa shape index (κ3) is 3.08. The molecule has 1 aromatic heterocycles. The molecule has 5 heteroatoms. The maximum absolute atomic E-state index is 11.3. The molecule has 0 radical (unpaired) electrons. The first-order valence-electron chi connectivity index (χ1n) is 5.84. The van der Waals surface area contributed by atoms with E-state index in [9.17, 15) is 4.79 Å². The number of nitrogens with one attached hydrogen (secondary N) is 1. The number of rotatable bonds is 4. The maximum atomic E-state index is 11.3. The number of benzene rings is 1. The van der Waals surface area contributed by atoms with Crippen molar-refractivity contribution in [1.82, 2.24) is 4.98 Å². The highest BCUT2D eigenvalue weighted by molar-refractivity contribution is 5.89. The predicted molar refractivity (Wildman–Crippen MR) is 73.2 cm³/mol. The van der Waals surface area contributed by atoms with Crippen molar-refractivity contribution in [3.8, 4) is 0 Å². The molecule has 0 saturated heterocycles. The maximum Gasteiger partial charge on any atom is 0.337 e. The number of carbonyl (C=O) groups excluding carboxylic acids is 1. The Morgan fingerprint density at radius 1 is 1.32 bits per heavy atom. The van der Waals surface area contributed by atoms with E-state index in [1.165, 1.54) is 7.11 Å². The smallest absolute Gasteiger partial charge is 0.337 e. The van der Waals surface area contributed by atoms with E-state index >= 15 is 0 Å². The summed E-state index contributed by atoms with van der Waals surface area (Å²) in [6.45, 7) is 0.413. The molecule has 0 aliphatic heterocycles. The molecular formula is C14H15N3O2. The van der Waals surface area contributed by atoms with Crippen molar-refractivity contribution in [2.24, 2.45) is 5.73 Å². The third-order valence-electron chi connectivity index (χ3n) is 2.68. The molecule has 19 heavy (non-hydrogen) atoms. The molecule has 0 unspecified atom stereocenters. The summed E-state index contributed by atoms with van der Waals surface area (Å²) in [5.41, 5.74) is 7.92. The molecule has 0 spiro atoms. The van der Waals surface area contributed by atoms with Crippen LogP contribution in [0, 0.1) is 0 Å². The lowest BCUT2D eigenvalue weighted by Crippen LogP contribution is -2.04. The van der Waals surface area contributed by atoms with E-state index in [4.69, 9.17) is 5.73 Å². The van der Waals surface area contributed by atoms with Crippen molar-refractivity contribution < 1.29 is 9.53 Å². The number of hydrogen-bond donors (Lipinski definition) is 2. The minimum atomic E-state index is -0.355. The van der Waals surface area contributed by atoms with Crippen LogP contribution in [-0.4, -0.2) is 18.1 Å². The normalized spacial score (nSPS) is 10.0. The second kappa shape index (κ2) is 5.97. The standard InChI is InChI=1S/C14H15N3O2/c1-19-14(18)10-4-6-12(7-5-10)17-13-11(9-15)3-2-8-16-13/h2-8H,9,15H2,1H3,(H,16,17). The van der Waals surface area contributed by atoms with Crippen molar-refractivity contribution >= 4 is 17.5 Å². The average Bonchev–Trinajstić information content (AvgIpc) is 2.48. The van der Waals surface area contributed by atoms with Gasteiger partial charge in [-0.25, -0.2) is 9.78 Å². The summed E-state index contributed by atoms with van der Waals surface area (Å²) in [7, 11) is 1.36. The molecular weight excluding hydrogens is 242 g/mol. The van der Waals surface area contributed by atoms with Crippen molar-refractivity contribution in [2.45, 2.75) is 6.54 Å². The molecule has 0 aliphatic rings. The fraction of sp³-hybridized carbons (Fsp3) is 0.143. The number of nitrogens with two attached hydrogens (primary N) is 1. The van der Waals surface area contributed by atoms with Crippen molar-refractivity contribution in [1.29, 1.82) is 0 Å². The fourth-order valence-electron chi connectivity index (χ4n) is 1.66. The Labute approximate surface area is 111 Å². The van der Waals surface area contributed by atoms with Crippen LogP contribution in [0.3, 0.4) is 0 Å². The van der Waals surface area contributed by atoms with E-state index in [1.807, 2.05) is 12.1 Å². The van der Waals surface area contributed by atoms with Gasteiger partial charge in [0.2, 0.25) is 0 Å². The van der Waals surface area contributed by atoms with Gasteiger partial charge in [-0.05, 0) is 30.3 Å². The van der Waals surface area contributed by atoms with Crippen LogP contribution in [0.4, 0.5) is 11.5 Å². The van der Waals surface area contributed by atoms with Crippen molar-refractivity contribution in [2.75, 3.05) is 12.4 Å². The minimum absolute atomic E-state index is 0.355. The van der Waals surface area contributed by atoms with Gasteiger partial charge in [-0.15, -0.1) is 0 Å². The molecule has 0 saturated carbocycles. The molecule has 0 bridgehead atoms. The van der Waals surface area contributed by atoms with Gasteiger partial charge in [0.15, 0.2) is 0 Å². The van der Waals surface area contributed by atoms with Crippen LogP contribution in [-0.2, 0) is 11.3 Å². The SMILES string of the molecule is COC(=O)c1ccc(Nc2ncccc2CN)cc1. The van der Waals surface area contributed by atoms with Gasteiger partial charge < -0.3 is 15.8 Å². The Morgan fingerprint density at radius 3 is 2.68 bits per heavy atom. The van der Waals surface area contributed by atoms with Crippen LogP contribution >= 0.6 is 0 Å². The Balaban J connectivity index is 2.17. The van der Waals surface area contributed by atoms with Crippen molar-refractivity contribution in [3.63, 3.8) is 0 Å². The Hall–Kier alpha value is -2.40. The van der Waals surface area contributed by atoms with E-state index in [0.29, 0.717) is 12.1 Å². The summed E-state index contributed by atoms with van der Waals surface area (Å²) >= 11 is 0. The molecule has 0 aliphatic carbocycles. The molecule has 2 rings (SSSR count). The molecule has 0 amide bonds. The second-order valence-corrected chi connectivity index (χ2v) is 3.91. The first-order chi connectivity index (χ1) is 9.24. The second-order valence-electron chi connectivity index (χ2n) is 3.91. The molecule has 3 N–H and O–H groups in total. The van der Waals surface area contributed by atoms with Crippen molar-refractivity contribution in [3.05, 3.63) is 53.7 Å². The number of methoxy groups -OCH3 is 1. The summed E-state index contributed by atoms with van der Waals surface area (Å²) in [6, 6.07) is 10.7. The number of hydrogen-bond acceptors (Lipinski definition) is 5. The fourth-order valence-corrected chi connectivity index (χ4v) is 1.66. The summed E-state index contributed by atoms with van der Waals surface area (Å²) < 4.78 is 4.64. The minimum Gasteiger partial charge on any atom is -0.465 e. The van der Waals surface area contributed by atoms with Crippen LogP contribution in [0.5, 0.6) is 0 Å². The Morgan fingerprint density at radius 2 is 2.05 bits per heavy atom. The number of ether oxygens (including phenoxy) is 1. The first-order valence-corrected chi connectivity index (χ1v) is 5.84. The number of carbonyl (C=O) groups is 1. The molecule has 0 fully saturated rings. The highest BCUT2D eigenvalue weighted by Crippen LogP contribution is 2.18. The summed E-state index contributed by atoms with van der Waals surface area (Å²) in [6.07, 6.45) is 1.70. The highest BCUT2D eigenvalue weighted by atomic mass is 16.5. The lowest BCUT2D eigenvalue weighted by molar-refractivity contribution is 0.0601. The van der Waals surface area contributed by atoms with Gasteiger partial charge in [-0.2, -0.15) is 0 Å². The van der Waals surface area contributed by atoms with Gasteiger partial charge in [0.1, 0.15) is 5.82 Å². The van der Waals surface area contributed by atoms with Gasteiger partial charge >= 0.3 is 5.97 Å². The zero-order valence-corrected chi connectivity index (χ0v) is 10.6. The number of esters is 1. The lowest BCUT2D eigenvalue weighted by atomic mass is 10.2. The van der Waals surface area contributed by atoms with Crippen LogP contribution < -0.4 is 11.1 Å². The molecule has 1 aromatic carbocycles. The van der Waals surface area contributed by atoms with E-state index in [1.54, 1.807) is 30.5 Å². The molecule has 5 nitrogen and oxygen atoms in total. The monoisotopic (exact) mass is 257 g/mol. The summed E-state index contributed by atoms with van der Waals surface area (Å²) in [5.74, 6) is 0.364. The van der Waals surface area contributed by atoms with E-state index in [-0.39, 0.29) is 5.97 Å². The Kier molecular flexibility index (Phi) is 4.10.